The Morgan fingerprint density at radius 3 is 1.65 bits per heavy atom. The molecule has 0 heterocycles. The van der Waals surface area contributed by atoms with E-state index in [-0.39, 0.29) is 11.4 Å². The Balaban J connectivity index is 0.000000311. The number of hydrogen-bond donors (Lipinski definition) is 0. The Morgan fingerprint density at radius 1 is 0.694 bits per heavy atom. The van der Waals surface area contributed by atoms with Gasteiger partial charge in [-0.2, -0.15) is 0 Å². The first-order valence-electron chi connectivity index (χ1n) is 18.9. The molecule has 3 aromatic carbocycles. The van der Waals surface area contributed by atoms with Gasteiger partial charge in [-0.15, -0.1) is 0 Å². The number of carbonyl (C=O) groups is 1. The van der Waals surface area contributed by atoms with Crippen LogP contribution < -0.4 is 0 Å². The quantitative estimate of drug-likeness (QED) is 0.194. The van der Waals surface area contributed by atoms with Crippen LogP contribution >= 0.6 is 0 Å². The number of rotatable bonds is 6. The van der Waals surface area contributed by atoms with Crippen LogP contribution in [0.25, 0.3) is 5.57 Å². The van der Waals surface area contributed by atoms with Crippen molar-refractivity contribution < 1.29 is 9.53 Å². The van der Waals surface area contributed by atoms with Gasteiger partial charge < -0.3 is 4.74 Å². The van der Waals surface area contributed by atoms with Crippen molar-refractivity contribution in [2.75, 3.05) is 7.11 Å². The highest BCUT2D eigenvalue weighted by molar-refractivity contribution is 5.89. The lowest BCUT2D eigenvalue weighted by molar-refractivity contribution is 0.0600. The number of methoxy groups -OCH3 is 1. The van der Waals surface area contributed by atoms with E-state index in [1.54, 1.807) is 11.1 Å². The molecule has 0 unspecified atom stereocenters. The smallest absolute Gasteiger partial charge is 0.337 e. The monoisotopic (exact) mass is 663 g/mol. The molecule has 0 N–H and O–H groups in total. The fraction of sp³-hybridized carbons (Fsp3) is 0.468. The van der Waals surface area contributed by atoms with Gasteiger partial charge in [0.2, 0.25) is 0 Å². The average Bonchev–Trinajstić information content (AvgIpc) is 3.14. The molecule has 2 heteroatoms. The standard InChI is InChI=1S/C22H26O2.C21H28.2C2H6/c1-15-13-17-7-5-6-8-18(17)14-20(15)22(2,3)19-11-9-16(10-12-19)21(23)24-4;1-6-15(2)11-12-16(3)18(5)21-14-20-10-8-7-9-19(20)13-17(21)4;2*1-2/h9-14H,5-8H2,1-4H3;6,11-14H,7-10H2,1-5H3;2*1-2H3/b;12-11+,15-6+,18-16-;;. The van der Waals surface area contributed by atoms with Gasteiger partial charge in [0.15, 0.2) is 0 Å². The number of benzene rings is 3. The predicted molar refractivity (Wildman–Crippen MR) is 215 cm³/mol. The summed E-state index contributed by atoms with van der Waals surface area (Å²) in [7, 11) is 1.41. The maximum Gasteiger partial charge on any atom is 0.337 e. The highest BCUT2D eigenvalue weighted by Gasteiger charge is 2.27. The van der Waals surface area contributed by atoms with E-state index in [1.807, 2.05) is 52.0 Å². The van der Waals surface area contributed by atoms with Crippen molar-refractivity contribution in [1.82, 2.24) is 0 Å². The van der Waals surface area contributed by atoms with E-state index < -0.39 is 0 Å². The molecule has 2 nitrogen and oxygen atoms in total. The minimum absolute atomic E-state index is 0.0921. The molecule has 49 heavy (non-hydrogen) atoms. The van der Waals surface area contributed by atoms with Gasteiger partial charge in [0, 0.05) is 5.41 Å². The van der Waals surface area contributed by atoms with Gasteiger partial charge in [-0.3, -0.25) is 0 Å². The highest BCUT2D eigenvalue weighted by Crippen LogP contribution is 2.37. The minimum Gasteiger partial charge on any atom is -0.465 e. The topological polar surface area (TPSA) is 26.3 Å². The first-order chi connectivity index (χ1) is 23.5. The molecule has 0 spiro atoms. The molecule has 0 aromatic heterocycles. The number of hydrogen-bond acceptors (Lipinski definition) is 2. The SMILES string of the molecule is C/C=C(C)/C=C/C(C)=C(/C)c1cc2c(cc1C)CCCC2.CC.CC.COC(=O)c1ccc(C(C)(C)c2cc3c(cc2C)CCCC3)cc1. The predicted octanol–water partition coefficient (Wildman–Crippen LogP) is 13.2. The second-order valence-electron chi connectivity index (χ2n) is 13.7. The second kappa shape index (κ2) is 20.1. The van der Waals surface area contributed by atoms with Crippen molar-refractivity contribution in [2.45, 2.75) is 140 Å². The zero-order valence-electron chi connectivity index (χ0n) is 33.3. The number of ether oxygens (including phenoxy) is 1. The first kappa shape index (κ1) is 41.5. The van der Waals surface area contributed by atoms with Gasteiger partial charge in [0.05, 0.1) is 12.7 Å². The van der Waals surface area contributed by atoms with Gasteiger partial charge in [0.25, 0.3) is 0 Å². The van der Waals surface area contributed by atoms with E-state index in [0.717, 1.165) is 0 Å². The fourth-order valence-electron chi connectivity index (χ4n) is 6.88. The zero-order chi connectivity index (χ0) is 36.7. The third-order valence-electron chi connectivity index (χ3n) is 10.1. The summed E-state index contributed by atoms with van der Waals surface area (Å²) in [6.45, 7) is 25.7. The van der Waals surface area contributed by atoms with Gasteiger partial charge in [-0.1, -0.05) is 102 Å². The summed E-state index contributed by atoms with van der Waals surface area (Å²) < 4.78 is 4.79. The molecular weight excluding hydrogens is 597 g/mol. The summed E-state index contributed by atoms with van der Waals surface area (Å²) in [5.41, 5.74) is 17.6. The van der Waals surface area contributed by atoms with Crippen LogP contribution in [0.1, 0.15) is 155 Å². The number of esters is 1. The third kappa shape index (κ3) is 10.9. The van der Waals surface area contributed by atoms with E-state index >= 15 is 0 Å². The summed E-state index contributed by atoms with van der Waals surface area (Å²) in [4.78, 5) is 11.6. The molecule has 0 radical (unpaired) electrons. The Hall–Kier alpha value is -3.65. The highest BCUT2D eigenvalue weighted by atomic mass is 16.5. The van der Waals surface area contributed by atoms with Crippen molar-refractivity contribution in [1.29, 1.82) is 0 Å². The second-order valence-corrected chi connectivity index (χ2v) is 13.7. The minimum atomic E-state index is -0.288. The number of allylic oxidation sites excluding steroid dienone is 6. The summed E-state index contributed by atoms with van der Waals surface area (Å²) >= 11 is 0. The van der Waals surface area contributed by atoms with Gasteiger partial charge in [-0.05, 0) is 166 Å². The Labute approximate surface area is 300 Å². The van der Waals surface area contributed by atoms with Crippen LogP contribution in [0, 0.1) is 13.8 Å². The van der Waals surface area contributed by atoms with E-state index in [9.17, 15) is 4.79 Å². The van der Waals surface area contributed by atoms with E-state index in [2.05, 4.69) is 97.9 Å². The van der Waals surface area contributed by atoms with Crippen LogP contribution in [0.3, 0.4) is 0 Å². The van der Waals surface area contributed by atoms with Crippen molar-refractivity contribution >= 4 is 11.5 Å². The van der Waals surface area contributed by atoms with Gasteiger partial charge in [-0.25, -0.2) is 4.79 Å². The fourth-order valence-corrected chi connectivity index (χ4v) is 6.88. The summed E-state index contributed by atoms with van der Waals surface area (Å²) in [6.07, 6.45) is 16.8. The molecule has 0 bridgehead atoms. The van der Waals surface area contributed by atoms with Crippen molar-refractivity contribution in [3.63, 3.8) is 0 Å². The summed E-state index contributed by atoms with van der Waals surface area (Å²) in [6, 6.07) is 17.5. The normalized spacial score (nSPS) is 14.4. The van der Waals surface area contributed by atoms with Crippen molar-refractivity contribution in [2.24, 2.45) is 0 Å². The lowest BCUT2D eigenvalue weighted by Crippen LogP contribution is -2.21. The molecule has 0 saturated carbocycles. The lowest BCUT2D eigenvalue weighted by atomic mass is 9.74. The molecule has 0 atom stereocenters. The van der Waals surface area contributed by atoms with Crippen molar-refractivity contribution in [3.8, 4) is 0 Å². The Bertz CT molecular complexity index is 1610. The van der Waals surface area contributed by atoms with E-state index in [1.165, 1.54) is 114 Å². The average molecular weight is 663 g/mol. The van der Waals surface area contributed by atoms with E-state index in [0.29, 0.717) is 5.56 Å². The van der Waals surface area contributed by atoms with Gasteiger partial charge in [0.1, 0.15) is 0 Å². The maximum atomic E-state index is 11.6. The van der Waals surface area contributed by atoms with E-state index in [4.69, 9.17) is 4.74 Å². The largest absolute Gasteiger partial charge is 0.465 e. The third-order valence-corrected chi connectivity index (χ3v) is 10.1. The number of carbonyl (C=O) groups excluding carboxylic acids is 1. The number of aryl methyl sites for hydroxylation is 6. The van der Waals surface area contributed by atoms with Crippen LogP contribution in [0.2, 0.25) is 0 Å². The maximum absolute atomic E-state index is 11.6. The van der Waals surface area contributed by atoms with Crippen molar-refractivity contribution in [3.05, 3.63) is 134 Å². The summed E-state index contributed by atoms with van der Waals surface area (Å²) in [5.74, 6) is -0.288. The molecule has 2 aliphatic rings. The molecule has 266 valence electrons. The Morgan fingerprint density at radius 2 is 1.16 bits per heavy atom. The number of fused-ring (bicyclic) bond motifs is 2. The molecule has 2 aliphatic carbocycles. The molecule has 0 amide bonds. The van der Waals surface area contributed by atoms with Crippen LogP contribution in [0.4, 0.5) is 0 Å². The van der Waals surface area contributed by atoms with Crippen LogP contribution in [-0.4, -0.2) is 13.1 Å². The summed E-state index contributed by atoms with van der Waals surface area (Å²) in [5, 5.41) is 0. The Kier molecular flexibility index (Phi) is 17.1. The van der Waals surface area contributed by atoms with Crippen LogP contribution in [0.5, 0.6) is 0 Å². The van der Waals surface area contributed by atoms with Crippen LogP contribution in [0.15, 0.2) is 77.9 Å². The molecule has 0 aliphatic heterocycles. The molecule has 5 rings (SSSR count). The first-order valence-corrected chi connectivity index (χ1v) is 18.9. The molecule has 0 saturated heterocycles. The van der Waals surface area contributed by atoms with Gasteiger partial charge >= 0.3 is 5.97 Å². The molecule has 0 fully saturated rings. The zero-order valence-corrected chi connectivity index (χ0v) is 33.3. The van der Waals surface area contributed by atoms with Crippen LogP contribution in [-0.2, 0) is 35.8 Å². The lowest BCUT2D eigenvalue weighted by Gasteiger charge is -2.30. The molecular formula is C47H66O2. The molecule has 3 aromatic rings.